The minimum absolute atomic E-state index is 0.0322. The Hall–Kier alpha value is -1.32. The van der Waals surface area contributed by atoms with Crippen LogP contribution in [0.25, 0.3) is 0 Å². The molecule has 1 aromatic rings. The summed E-state index contributed by atoms with van der Waals surface area (Å²) in [6.07, 6.45) is 5.80. The van der Waals surface area contributed by atoms with Crippen molar-refractivity contribution in [3.63, 3.8) is 0 Å². The van der Waals surface area contributed by atoms with Gasteiger partial charge in [-0.3, -0.25) is 0 Å². The largest absolute Gasteiger partial charge is 0.486 e. The first kappa shape index (κ1) is 15.0. The molecule has 3 nitrogen and oxygen atoms in total. The fraction of sp³-hybridized carbons (Fsp3) is 0.619. The van der Waals surface area contributed by atoms with Crippen LogP contribution in [-0.2, 0) is 17.3 Å². The van der Waals surface area contributed by atoms with Crippen LogP contribution < -0.4 is 4.74 Å². The summed E-state index contributed by atoms with van der Waals surface area (Å²) in [5.74, 6) is 1.54. The number of nitrogens with zero attached hydrogens (tertiary/aromatic N) is 1. The van der Waals surface area contributed by atoms with Gasteiger partial charge in [-0.05, 0) is 43.0 Å². The van der Waals surface area contributed by atoms with E-state index in [0.29, 0.717) is 12.0 Å². The van der Waals surface area contributed by atoms with Crippen LogP contribution in [0.2, 0.25) is 0 Å². The molecule has 3 heteroatoms. The van der Waals surface area contributed by atoms with Crippen molar-refractivity contribution in [1.29, 1.82) is 0 Å². The number of rotatable bonds is 0. The number of likely N-dealkylation sites (tertiary alicyclic amines) is 1. The van der Waals surface area contributed by atoms with Crippen molar-refractivity contribution in [2.24, 2.45) is 5.92 Å². The molecule has 2 aliphatic heterocycles. The van der Waals surface area contributed by atoms with E-state index in [-0.39, 0.29) is 16.9 Å². The summed E-state index contributed by atoms with van der Waals surface area (Å²) >= 11 is 0. The van der Waals surface area contributed by atoms with E-state index in [1.54, 1.807) is 0 Å². The Morgan fingerprint density at radius 3 is 2.79 bits per heavy atom. The number of aliphatic hydroxyl groups excluding tert-OH is 1. The maximum Gasteiger partial charge on any atom is 0.138 e. The molecular weight excluding hydrogens is 298 g/mol. The molecule has 5 rings (SSSR count). The van der Waals surface area contributed by atoms with E-state index in [1.165, 1.54) is 16.7 Å². The van der Waals surface area contributed by atoms with Gasteiger partial charge in [-0.25, -0.2) is 0 Å². The molecule has 0 saturated carbocycles. The van der Waals surface area contributed by atoms with E-state index in [4.69, 9.17) is 4.74 Å². The van der Waals surface area contributed by atoms with Crippen molar-refractivity contribution in [1.82, 2.24) is 4.90 Å². The smallest absolute Gasteiger partial charge is 0.138 e. The first-order valence-electron chi connectivity index (χ1n) is 9.24. The Morgan fingerprint density at radius 2 is 2.04 bits per heavy atom. The van der Waals surface area contributed by atoms with Crippen molar-refractivity contribution in [3.05, 3.63) is 41.0 Å². The predicted molar refractivity (Wildman–Crippen MR) is 94.6 cm³/mol. The van der Waals surface area contributed by atoms with Crippen molar-refractivity contribution in [2.45, 2.75) is 62.7 Å². The molecule has 5 atom stereocenters. The molecule has 0 radical (unpaired) electrons. The first-order chi connectivity index (χ1) is 11.3. The SMILES string of the molecule is CN1CC[C@]23c4c5ccc(C(C)(C)C)c4O[C@H]2[C@@H](O)C=C[C@H]3[C@H]1C5. The minimum atomic E-state index is -0.503. The average Bonchev–Trinajstić information content (AvgIpc) is 2.86. The van der Waals surface area contributed by atoms with E-state index in [9.17, 15) is 5.11 Å². The highest BCUT2D eigenvalue weighted by Gasteiger charge is 2.64. The van der Waals surface area contributed by atoms with E-state index in [1.807, 2.05) is 6.08 Å². The summed E-state index contributed by atoms with van der Waals surface area (Å²) in [5.41, 5.74) is 4.17. The molecular formula is C21H27NO2. The van der Waals surface area contributed by atoms with Gasteiger partial charge < -0.3 is 14.7 Å². The third kappa shape index (κ3) is 1.60. The molecule has 2 heterocycles. The number of hydrogen-bond acceptors (Lipinski definition) is 3. The Labute approximate surface area is 144 Å². The molecule has 0 aromatic heterocycles. The third-order valence-electron chi connectivity index (χ3n) is 6.98. The standard InChI is InChI=1S/C21H27NO2/c1-20(2,3)14-6-5-12-11-15-13-7-8-16(23)19-21(13,9-10-22(15)4)17(12)18(14)24-19/h5-8,13,15-16,19,23H,9-11H2,1-4H3/t13-,15+,16-,19-,21-/m0/s1. The summed E-state index contributed by atoms with van der Waals surface area (Å²) in [5, 5.41) is 10.7. The Balaban J connectivity index is 1.82. The summed E-state index contributed by atoms with van der Waals surface area (Å²) in [7, 11) is 2.25. The van der Waals surface area contributed by atoms with Crippen molar-refractivity contribution < 1.29 is 9.84 Å². The summed E-state index contributed by atoms with van der Waals surface area (Å²) in [4.78, 5) is 2.51. The predicted octanol–water partition coefficient (Wildman–Crippen LogP) is 2.79. The van der Waals surface area contributed by atoms with Gasteiger partial charge in [0.15, 0.2) is 0 Å². The van der Waals surface area contributed by atoms with Gasteiger partial charge in [0, 0.05) is 22.9 Å². The van der Waals surface area contributed by atoms with Crippen LogP contribution in [-0.4, -0.2) is 41.8 Å². The highest BCUT2D eigenvalue weighted by Crippen LogP contribution is 2.62. The zero-order chi connectivity index (χ0) is 16.9. The highest BCUT2D eigenvalue weighted by atomic mass is 16.5. The highest BCUT2D eigenvalue weighted by molar-refractivity contribution is 5.61. The molecule has 1 N–H and O–H groups in total. The van der Waals surface area contributed by atoms with Crippen molar-refractivity contribution in [3.8, 4) is 5.75 Å². The Morgan fingerprint density at radius 1 is 1.25 bits per heavy atom. The first-order valence-corrected chi connectivity index (χ1v) is 9.24. The van der Waals surface area contributed by atoms with Crippen molar-refractivity contribution >= 4 is 0 Å². The molecule has 24 heavy (non-hydrogen) atoms. The van der Waals surface area contributed by atoms with Gasteiger partial charge in [-0.2, -0.15) is 0 Å². The fourth-order valence-corrected chi connectivity index (χ4v) is 5.84. The lowest BCUT2D eigenvalue weighted by atomic mass is 9.53. The van der Waals surface area contributed by atoms with Crippen LogP contribution in [0.5, 0.6) is 5.75 Å². The molecule has 2 aliphatic carbocycles. The quantitative estimate of drug-likeness (QED) is 0.745. The zero-order valence-corrected chi connectivity index (χ0v) is 15.0. The maximum atomic E-state index is 10.7. The lowest BCUT2D eigenvalue weighted by Gasteiger charge is -2.56. The molecule has 1 spiro atoms. The summed E-state index contributed by atoms with van der Waals surface area (Å²) in [6.45, 7) is 7.84. The van der Waals surface area contributed by atoms with E-state index < -0.39 is 6.10 Å². The third-order valence-corrected chi connectivity index (χ3v) is 6.98. The molecule has 128 valence electrons. The second-order valence-electron chi connectivity index (χ2n) is 9.21. The van der Waals surface area contributed by atoms with E-state index in [2.05, 4.69) is 50.9 Å². The summed E-state index contributed by atoms with van der Waals surface area (Å²) in [6, 6.07) is 5.12. The van der Waals surface area contributed by atoms with Gasteiger partial charge in [0.1, 0.15) is 18.0 Å². The number of aliphatic hydroxyl groups is 1. The monoisotopic (exact) mass is 325 g/mol. The van der Waals surface area contributed by atoms with Crippen LogP contribution in [0.1, 0.15) is 43.9 Å². The molecule has 2 bridgehead atoms. The van der Waals surface area contributed by atoms with E-state index in [0.717, 1.165) is 25.1 Å². The normalized spacial score (nSPS) is 39.5. The van der Waals surface area contributed by atoms with Crippen LogP contribution in [0.4, 0.5) is 0 Å². The second kappa shape index (κ2) is 4.44. The van der Waals surface area contributed by atoms with Gasteiger partial charge in [-0.15, -0.1) is 0 Å². The minimum Gasteiger partial charge on any atom is -0.486 e. The lowest BCUT2D eigenvalue weighted by Crippen LogP contribution is -2.64. The number of hydrogen-bond donors (Lipinski definition) is 1. The van der Waals surface area contributed by atoms with Crippen LogP contribution >= 0.6 is 0 Å². The van der Waals surface area contributed by atoms with Crippen molar-refractivity contribution in [2.75, 3.05) is 13.6 Å². The maximum absolute atomic E-state index is 10.7. The van der Waals surface area contributed by atoms with E-state index >= 15 is 0 Å². The molecule has 0 amide bonds. The fourth-order valence-electron chi connectivity index (χ4n) is 5.84. The number of benzene rings is 1. The molecule has 1 fully saturated rings. The number of ether oxygens (including phenoxy) is 1. The second-order valence-corrected chi connectivity index (χ2v) is 9.21. The number of piperidine rings is 1. The van der Waals surface area contributed by atoms with Gasteiger partial charge in [0.25, 0.3) is 0 Å². The van der Waals surface area contributed by atoms with Crippen LogP contribution in [0.3, 0.4) is 0 Å². The molecule has 0 unspecified atom stereocenters. The topological polar surface area (TPSA) is 32.7 Å². The Bertz CT molecular complexity index is 747. The number of likely N-dealkylation sites (N-methyl/N-ethyl adjacent to an activating group) is 1. The Kier molecular flexibility index (Phi) is 2.77. The van der Waals surface area contributed by atoms with Crippen LogP contribution in [0, 0.1) is 5.92 Å². The molecule has 4 aliphatic rings. The van der Waals surface area contributed by atoms with Gasteiger partial charge in [-0.1, -0.05) is 45.1 Å². The summed E-state index contributed by atoms with van der Waals surface area (Å²) < 4.78 is 6.56. The molecule has 1 aromatic carbocycles. The van der Waals surface area contributed by atoms with Gasteiger partial charge in [0.2, 0.25) is 0 Å². The lowest BCUT2D eigenvalue weighted by molar-refractivity contribution is -0.0452. The molecule has 1 saturated heterocycles. The van der Waals surface area contributed by atoms with Gasteiger partial charge in [0.05, 0.1) is 0 Å². The average molecular weight is 325 g/mol. The van der Waals surface area contributed by atoms with Crippen LogP contribution in [0.15, 0.2) is 24.3 Å². The van der Waals surface area contributed by atoms with Gasteiger partial charge >= 0.3 is 0 Å². The zero-order valence-electron chi connectivity index (χ0n) is 15.0.